The van der Waals surface area contributed by atoms with Gasteiger partial charge in [-0.1, -0.05) is 31.6 Å². The van der Waals surface area contributed by atoms with Crippen LogP contribution in [0, 0.1) is 28.6 Å². The first-order chi connectivity index (χ1) is 14.3. The third-order valence-corrected chi connectivity index (χ3v) is 9.11. The van der Waals surface area contributed by atoms with Crippen LogP contribution in [0.4, 0.5) is 0 Å². The number of ether oxygens (including phenoxy) is 3. The van der Waals surface area contributed by atoms with Gasteiger partial charge in [0.1, 0.15) is 12.9 Å². The Balaban J connectivity index is 1.62. The zero-order valence-electron chi connectivity index (χ0n) is 19.8. The van der Waals surface area contributed by atoms with Crippen LogP contribution in [-0.2, 0) is 14.2 Å². The molecule has 1 N–H and O–H groups in total. The average Bonchev–Trinajstić information content (AvgIpc) is 2.91. The Morgan fingerprint density at radius 3 is 2.60 bits per heavy atom. The third kappa shape index (κ3) is 3.43. The van der Waals surface area contributed by atoms with Crippen LogP contribution in [0.3, 0.4) is 0 Å². The monoisotopic (exact) mass is 418 g/mol. The minimum absolute atomic E-state index is 0.0510. The summed E-state index contributed by atoms with van der Waals surface area (Å²) in [6.45, 7) is 11.6. The van der Waals surface area contributed by atoms with E-state index >= 15 is 0 Å². The fourth-order valence-electron chi connectivity index (χ4n) is 7.79. The van der Waals surface area contributed by atoms with Gasteiger partial charge in [-0.3, -0.25) is 0 Å². The van der Waals surface area contributed by atoms with Gasteiger partial charge in [0, 0.05) is 13.0 Å². The van der Waals surface area contributed by atoms with Crippen LogP contribution in [0.1, 0.15) is 73.1 Å². The van der Waals surface area contributed by atoms with Crippen molar-refractivity contribution in [1.29, 1.82) is 0 Å². The molecule has 0 aromatic rings. The fourth-order valence-corrected chi connectivity index (χ4v) is 7.79. The molecule has 8 atom stereocenters. The van der Waals surface area contributed by atoms with Crippen LogP contribution >= 0.6 is 0 Å². The third-order valence-electron chi connectivity index (χ3n) is 9.11. The van der Waals surface area contributed by atoms with E-state index in [9.17, 15) is 5.11 Å². The molecule has 0 unspecified atom stereocenters. The summed E-state index contributed by atoms with van der Waals surface area (Å²) in [5.41, 5.74) is 3.22. The van der Waals surface area contributed by atoms with E-state index in [1.807, 2.05) is 0 Å². The van der Waals surface area contributed by atoms with Gasteiger partial charge in [-0.2, -0.15) is 0 Å². The van der Waals surface area contributed by atoms with Gasteiger partial charge in [0.05, 0.1) is 18.3 Å². The number of hydrogen-bond acceptors (Lipinski definition) is 4. The molecule has 0 heterocycles. The molecule has 0 saturated heterocycles. The number of hydrogen-bond donors (Lipinski definition) is 1. The lowest BCUT2D eigenvalue weighted by atomic mass is 9.47. The maximum Gasteiger partial charge on any atom is 0.146 e. The second kappa shape index (κ2) is 8.35. The van der Waals surface area contributed by atoms with Crippen LogP contribution in [0.2, 0.25) is 0 Å². The topological polar surface area (TPSA) is 47.9 Å². The largest absolute Gasteiger partial charge is 0.390 e. The number of methoxy groups -OCH3 is 1. The van der Waals surface area contributed by atoms with Gasteiger partial charge in [0.2, 0.25) is 0 Å². The molecule has 0 bridgehead atoms. The summed E-state index contributed by atoms with van der Waals surface area (Å²) < 4.78 is 17.3. The van der Waals surface area contributed by atoms with Gasteiger partial charge in [-0.05, 0) is 87.5 Å². The average molecular weight is 419 g/mol. The molecule has 170 valence electrons. The van der Waals surface area contributed by atoms with E-state index in [0.29, 0.717) is 18.6 Å². The molecule has 0 aliphatic heterocycles. The number of allylic oxidation sites excluding steroid dienone is 2. The molecule has 3 saturated carbocycles. The van der Waals surface area contributed by atoms with Crippen molar-refractivity contribution in [2.24, 2.45) is 28.6 Å². The Kier molecular flexibility index (Phi) is 6.26. The molecule has 0 aromatic heterocycles. The number of aliphatic hydroxyl groups excluding tert-OH is 1. The zero-order chi connectivity index (χ0) is 21.7. The molecule has 0 spiro atoms. The van der Waals surface area contributed by atoms with Crippen LogP contribution in [0.25, 0.3) is 0 Å². The Morgan fingerprint density at radius 1 is 1.20 bits per heavy atom. The molecular weight excluding hydrogens is 376 g/mol. The van der Waals surface area contributed by atoms with E-state index in [2.05, 4.69) is 46.8 Å². The highest BCUT2D eigenvalue weighted by molar-refractivity contribution is 5.33. The summed E-state index contributed by atoms with van der Waals surface area (Å²) in [6.07, 6.45) is 11.4. The van der Waals surface area contributed by atoms with Crippen LogP contribution in [0.5, 0.6) is 0 Å². The maximum absolute atomic E-state index is 11.5. The standard InChI is InChI=1S/C26H42O4/c1-7-20-24(30-16(2)3)23(27)22-19-9-8-17-14-18(29-15-28-6)10-12-25(17,4)21(19)11-13-26(20,22)5/h7-8,16,18-19,21-24,27H,9-15H2,1-6H3/b20-7-/t18-,19+,21-,22+,23-,24-,25-,26+/m0/s1. The Morgan fingerprint density at radius 2 is 1.93 bits per heavy atom. The lowest BCUT2D eigenvalue weighted by molar-refractivity contribution is -0.107. The highest BCUT2D eigenvalue weighted by atomic mass is 16.7. The lowest BCUT2D eigenvalue weighted by Crippen LogP contribution is -2.51. The lowest BCUT2D eigenvalue weighted by Gasteiger charge is -2.57. The van der Waals surface area contributed by atoms with Crippen molar-refractivity contribution in [3.05, 3.63) is 23.3 Å². The minimum atomic E-state index is -0.406. The van der Waals surface area contributed by atoms with E-state index < -0.39 is 6.10 Å². The van der Waals surface area contributed by atoms with E-state index in [1.54, 1.807) is 12.7 Å². The summed E-state index contributed by atoms with van der Waals surface area (Å²) in [4.78, 5) is 0. The smallest absolute Gasteiger partial charge is 0.146 e. The van der Waals surface area contributed by atoms with Gasteiger partial charge >= 0.3 is 0 Å². The van der Waals surface area contributed by atoms with Gasteiger partial charge in [-0.25, -0.2) is 0 Å². The minimum Gasteiger partial charge on any atom is -0.390 e. The first kappa shape index (κ1) is 22.5. The van der Waals surface area contributed by atoms with Crippen LogP contribution < -0.4 is 0 Å². The normalized spacial score (nSPS) is 47.1. The van der Waals surface area contributed by atoms with Gasteiger partial charge in [0.25, 0.3) is 0 Å². The molecule has 3 fully saturated rings. The quantitative estimate of drug-likeness (QED) is 0.489. The SMILES string of the molecule is C/C=C1/[C@H](OC(C)C)[C@@H](O)[C@H]2[C@@H]3CC=C4C[C@@H](OCOC)CC[C@]4(C)[C@H]3CC[C@]12C. The van der Waals surface area contributed by atoms with Crippen molar-refractivity contribution in [2.75, 3.05) is 13.9 Å². The summed E-state index contributed by atoms with van der Waals surface area (Å²) in [7, 11) is 1.69. The summed E-state index contributed by atoms with van der Waals surface area (Å²) in [5, 5.41) is 11.5. The molecule has 4 rings (SSSR count). The second-order valence-electron chi connectivity index (χ2n) is 10.9. The summed E-state index contributed by atoms with van der Waals surface area (Å²) in [6, 6.07) is 0. The van der Waals surface area contributed by atoms with Crippen LogP contribution in [0.15, 0.2) is 23.3 Å². The summed E-state index contributed by atoms with van der Waals surface area (Å²) >= 11 is 0. The van der Waals surface area contributed by atoms with Crippen molar-refractivity contribution in [3.63, 3.8) is 0 Å². The fraction of sp³-hybridized carbons (Fsp3) is 0.846. The summed E-state index contributed by atoms with van der Waals surface area (Å²) in [5.74, 6) is 1.45. The van der Waals surface area contributed by atoms with E-state index in [4.69, 9.17) is 14.2 Å². The van der Waals surface area contributed by atoms with E-state index in [0.717, 1.165) is 25.7 Å². The van der Waals surface area contributed by atoms with Crippen molar-refractivity contribution in [2.45, 2.75) is 97.6 Å². The predicted molar refractivity (Wildman–Crippen MR) is 119 cm³/mol. The molecule has 4 aliphatic rings. The zero-order valence-corrected chi connectivity index (χ0v) is 19.8. The van der Waals surface area contributed by atoms with E-state index in [-0.39, 0.29) is 35.1 Å². The van der Waals surface area contributed by atoms with Crippen molar-refractivity contribution in [3.8, 4) is 0 Å². The predicted octanol–water partition coefficient (Wildman–Crippen LogP) is 5.26. The highest BCUT2D eigenvalue weighted by Crippen LogP contribution is 2.66. The molecule has 4 nitrogen and oxygen atoms in total. The van der Waals surface area contributed by atoms with E-state index in [1.165, 1.54) is 18.4 Å². The first-order valence-electron chi connectivity index (χ1n) is 12.1. The molecule has 30 heavy (non-hydrogen) atoms. The second-order valence-corrected chi connectivity index (χ2v) is 10.9. The molecule has 4 aliphatic carbocycles. The Labute approximate surface area is 183 Å². The van der Waals surface area contributed by atoms with Crippen LogP contribution in [-0.4, -0.2) is 43.4 Å². The number of rotatable bonds is 5. The van der Waals surface area contributed by atoms with Crippen molar-refractivity contribution < 1.29 is 19.3 Å². The Bertz CT molecular complexity index is 697. The number of fused-ring (bicyclic) bond motifs is 5. The molecule has 0 radical (unpaired) electrons. The highest BCUT2D eigenvalue weighted by Gasteiger charge is 2.63. The molecule has 4 heteroatoms. The molecule has 0 aromatic carbocycles. The number of aliphatic hydroxyl groups is 1. The Hall–Kier alpha value is -0.680. The van der Waals surface area contributed by atoms with Crippen molar-refractivity contribution in [1.82, 2.24) is 0 Å². The molecular formula is C26H42O4. The van der Waals surface area contributed by atoms with Gasteiger partial charge < -0.3 is 19.3 Å². The van der Waals surface area contributed by atoms with Gasteiger partial charge in [-0.15, -0.1) is 0 Å². The first-order valence-corrected chi connectivity index (χ1v) is 12.1. The van der Waals surface area contributed by atoms with Gasteiger partial charge in [0.15, 0.2) is 0 Å². The molecule has 0 amide bonds. The maximum atomic E-state index is 11.5. The van der Waals surface area contributed by atoms with Crippen molar-refractivity contribution >= 4 is 0 Å².